The van der Waals surface area contributed by atoms with Crippen molar-refractivity contribution in [3.63, 3.8) is 0 Å². The molecule has 0 saturated carbocycles. The van der Waals surface area contributed by atoms with E-state index in [1.165, 1.54) is 212 Å². The van der Waals surface area contributed by atoms with Crippen molar-refractivity contribution >= 4 is 39.5 Å². The van der Waals surface area contributed by atoms with E-state index in [0.29, 0.717) is 25.7 Å². The van der Waals surface area contributed by atoms with Crippen LogP contribution in [0.3, 0.4) is 0 Å². The van der Waals surface area contributed by atoms with Crippen molar-refractivity contribution in [3.8, 4) is 0 Å². The number of carbonyl (C=O) groups excluding carboxylic acids is 4. The number of hydrogen-bond acceptors (Lipinski definition) is 15. The maximum Gasteiger partial charge on any atom is 0.472 e. The van der Waals surface area contributed by atoms with Gasteiger partial charge in [0.2, 0.25) is 0 Å². The SMILES string of the molecule is CCCCCCCCCCCCCCCCCCCCC(=O)O[C@H](COC(=O)CCCCCCCCCCCCCCC(C)C)COP(=O)(O)OC[C@@H](O)COP(=O)(O)OC[C@@H](COC(=O)CCCCCCCCCCC)OC(=O)CCCCCCCCCCCCC. The van der Waals surface area contributed by atoms with Crippen LogP contribution in [-0.4, -0.2) is 96.7 Å². The zero-order chi connectivity index (χ0) is 68.4. The molecule has 93 heavy (non-hydrogen) atoms. The van der Waals surface area contributed by atoms with Gasteiger partial charge in [0.25, 0.3) is 0 Å². The number of aliphatic hydroxyl groups is 1. The molecule has 0 fully saturated rings. The minimum Gasteiger partial charge on any atom is -0.462 e. The van der Waals surface area contributed by atoms with Crippen molar-refractivity contribution < 1.29 is 80.2 Å². The van der Waals surface area contributed by atoms with Gasteiger partial charge in [0, 0.05) is 25.7 Å². The zero-order valence-corrected chi connectivity index (χ0v) is 62.2. The molecule has 0 bridgehead atoms. The molecular formula is C74H144O17P2. The largest absolute Gasteiger partial charge is 0.472 e. The van der Waals surface area contributed by atoms with E-state index in [0.717, 1.165) is 95.8 Å². The zero-order valence-electron chi connectivity index (χ0n) is 60.4. The molecule has 0 heterocycles. The lowest BCUT2D eigenvalue weighted by molar-refractivity contribution is -0.161. The summed E-state index contributed by atoms with van der Waals surface area (Å²) in [7, 11) is -9.90. The highest BCUT2D eigenvalue weighted by Gasteiger charge is 2.30. The van der Waals surface area contributed by atoms with E-state index in [1.807, 2.05) is 0 Å². The fourth-order valence-corrected chi connectivity index (χ4v) is 12.9. The molecule has 0 aliphatic rings. The number of aliphatic hydroxyl groups excluding tert-OH is 1. The minimum absolute atomic E-state index is 0.107. The molecule has 0 aromatic rings. The molecule has 0 saturated heterocycles. The van der Waals surface area contributed by atoms with E-state index in [9.17, 15) is 43.2 Å². The Kier molecular flexibility index (Phi) is 65.9. The fraction of sp³-hybridized carbons (Fsp3) is 0.946. The first kappa shape index (κ1) is 91.1. The molecule has 0 radical (unpaired) electrons. The van der Waals surface area contributed by atoms with Crippen LogP contribution < -0.4 is 0 Å². The topological polar surface area (TPSA) is 237 Å². The van der Waals surface area contributed by atoms with Crippen LogP contribution in [0.5, 0.6) is 0 Å². The number of unbranched alkanes of at least 4 members (excludes halogenated alkanes) is 46. The van der Waals surface area contributed by atoms with E-state index >= 15 is 0 Å². The maximum absolute atomic E-state index is 13.1. The Morgan fingerprint density at radius 3 is 0.731 bits per heavy atom. The highest BCUT2D eigenvalue weighted by atomic mass is 31.2. The second-order valence-corrected chi connectivity index (χ2v) is 30.1. The van der Waals surface area contributed by atoms with Gasteiger partial charge in [0.05, 0.1) is 26.4 Å². The Balaban J connectivity index is 5.22. The normalized spacial score (nSPS) is 14.0. The minimum atomic E-state index is -4.95. The third-order valence-corrected chi connectivity index (χ3v) is 19.2. The Bertz CT molecular complexity index is 1790. The lowest BCUT2D eigenvalue weighted by atomic mass is 10.0. The molecule has 0 aromatic heterocycles. The molecule has 0 spiro atoms. The number of carbonyl (C=O) groups is 4. The summed E-state index contributed by atoms with van der Waals surface area (Å²) in [6.45, 7) is 7.27. The second kappa shape index (κ2) is 67.3. The van der Waals surface area contributed by atoms with Crippen LogP contribution in [0.2, 0.25) is 0 Å². The molecule has 17 nitrogen and oxygen atoms in total. The first-order chi connectivity index (χ1) is 45.0. The van der Waals surface area contributed by atoms with Crippen LogP contribution >= 0.6 is 15.6 Å². The van der Waals surface area contributed by atoms with Crippen molar-refractivity contribution in [2.24, 2.45) is 5.92 Å². The molecule has 3 N–H and O–H groups in total. The van der Waals surface area contributed by atoms with Gasteiger partial charge in [-0.2, -0.15) is 0 Å². The monoisotopic (exact) mass is 1370 g/mol. The van der Waals surface area contributed by atoms with Crippen molar-refractivity contribution in [2.45, 2.75) is 406 Å². The fourth-order valence-electron chi connectivity index (χ4n) is 11.4. The van der Waals surface area contributed by atoms with Crippen molar-refractivity contribution in [1.82, 2.24) is 0 Å². The van der Waals surface area contributed by atoms with E-state index < -0.39 is 97.5 Å². The van der Waals surface area contributed by atoms with Gasteiger partial charge in [0.1, 0.15) is 19.3 Å². The number of hydrogen-bond donors (Lipinski definition) is 3. The van der Waals surface area contributed by atoms with E-state index in [-0.39, 0.29) is 25.7 Å². The van der Waals surface area contributed by atoms with Gasteiger partial charge in [-0.1, -0.05) is 336 Å². The van der Waals surface area contributed by atoms with Gasteiger partial charge < -0.3 is 33.8 Å². The first-order valence-corrected chi connectivity index (χ1v) is 41.6. The molecule has 0 aromatic carbocycles. The molecule has 2 unspecified atom stereocenters. The van der Waals surface area contributed by atoms with Gasteiger partial charge in [0.15, 0.2) is 12.2 Å². The van der Waals surface area contributed by atoms with E-state index in [1.54, 1.807) is 0 Å². The van der Waals surface area contributed by atoms with Gasteiger partial charge in [-0.15, -0.1) is 0 Å². The second-order valence-electron chi connectivity index (χ2n) is 27.2. The predicted octanol–water partition coefficient (Wildman–Crippen LogP) is 21.7. The average molecular weight is 1370 g/mol. The number of phosphoric ester groups is 2. The van der Waals surface area contributed by atoms with Crippen molar-refractivity contribution in [3.05, 3.63) is 0 Å². The molecule has 0 aliphatic carbocycles. The number of esters is 4. The van der Waals surface area contributed by atoms with Gasteiger partial charge in [-0.05, 0) is 31.6 Å². The van der Waals surface area contributed by atoms with Gasteiger partial charge in [-0.25, -0.2) is 9.13 Å². The summed E-state index contributed by atoms with van der Waals surface area (Å²) in [5.41, 5.74) is 0. The Labute approximate surface area is 568 Å². The number of ether oxygens (including phenoxy) is 4. The predicted molar refractivity (Wildman–Crippen MR) is 377 cm³/mol. The van der Waals surface area contributed by atoms with Crippen LogP contribution in [0.25, 0.3) is 0 Å². The Morgan fingerprint density at radius 2 is 0.495 bits per heavy atom. The summed E-state index contributed by atoms with van der Waals surface area (Å²) in [5.74, 6) is -1.33. The lowest BCUT2D eigenvalue weighted by Gasteiger charge is -2.21. The Morgan fingerprint density at radius 1 is 0.290 bits per heavy atom. The van der Waals surface area contributed by atoms with Gasteiger partial charge >= 0.3 is 39.5 Å². The summed E-state index contributed by atoms with van der Waals surface area (Å²) in [4.78, 5) is 72.7. The molecule has 0 rings (SSSR count). The van der Waals surface area contributed by atoms with Crippen LogP contribution in [-0.2, 0) is 65.4 Å². The smallest absolute Gasteiger partial charge is 0.462 e. The summed E-state index contributed by atoms with van der Waals surface area (Å²) in [6.07, 6.45) is 55.4. The third kappa shape index (κ3) is 68.4. The number of rotatable bonds is 74. The molecular weight excluding hydrogens is 1220 g/mol. The van der Waals surface area contributed by atoms with Crippen LogP contribution in [0.1, 0.15) is 388 Å². The Hall–Kier alpha value is -1.94. The van der Waals surface area contributed by atoms with Crippen molar-refractivity contribution in [1.29, 1.82) is 0 Å². The van der Waals surface area contributed by atoms with Crippen molar-refractivity contribution in [2.75, 3.05) is 39.6 Å². The highest BCUT2D eigenvalue weighted by Crippen LogP contribution is 2.45. The molecule has 552 valence electrons. The van der Waals surface area contributed by atoms with Crippen LogP contribution in [0, 0.1) is 5.92 Å². The summed E-state index contributed by atoms with van der Waals surface area (Å²) in [5, 5.41) is 10.6. The van der Waals surface area contributed by atoms with Crippen LogP contribution in [0.15, 0.2) is 0 Å². The summed E-state index contributed by atoms with van der Waals surface area (Å²) in [6, 6.07) is 0. The molecule has 0 amide bonds. The average Bonchev–Trinajstić information content (AvgIpc) is 1.55. The third-order valence-electron chi connectivity index (χ3n) is 17.3. The molecule has 5 atom stereocenters. The van der Waals surface area contributed by atoms with E-state index in [4.69, 9.17) is 37.0 Å². The maximum atomic E-state index is 13.1. The highest BCUT2D eigenvalue weighted by molar-refractivity contribution is 7.47. The summed E-state index contributed by atoms with van der Waals surface area (Å²) >= 11 is 0. The van der Waals surface area contributed by atoms with Gasteiger partial charge in [-0.3, -0.25) is 37.3 Å². The lowest BCUT2D eigenvalue weighted by Crippen LogP contribution is -2.30. The van der Waals surface area contributed by atoms with E-state index in [2.05, 4.69) is 34.6 Å². The summed E-state index contributed by atoms with van der Waals surface area (Å²) < 4.78 is 68.4. The standard InChI is InChI=1S/C74H144O17P2/c1-6-9-12-15-18-21-23-24-25-26-27-28-29-35-40-45-50-55-60-74(79)91-70(64-85-72(77)58-53-48-43-38-34-31-30-33-37-41-46-51-56-67(4)5)66-89-93(82,83)87-62-68(75)61-86-92(80,81)88-65-69(63-84-71(76)57-52-47-42-36-20-17-14-11-8-3)90-73(78)59-54-49-44-39-32-22-19-16-13-10-7-2/h67-70,75H,6-66H2,1-5H3,(H,80,81)(H,82,83)/t68-,69+,70+/m0/s1. The first-order valence-electron chi connectivity index (χ1n) is 38.6. The molecule has 0 aliphatic heterocycles. The quantitative estimate of drug-likeness (QED) is 0.0222. The molecule has 19 heteroatoms. The number of phosphoric acid groups is 2. The van der Waals surface area contributed by atoms with Crippen LogP contribution in [0.4, 0.5) is 0 Å².